The van der Waals surface area contributed by atoms with E-state index in [0.29, 0.717) is 5.69 Å². The number of halogens is 1. The van der Waals surface area contributed by atoms with E-state index in [1.807, 2.05) is 0 Å². The summed E-state index contributed by atoms with van der Waals surface area (Å²) in [5, 5.41) is 0. The number of benzene rings is 1. The van der Waals surface area contributed by atoms with Crippen LogP contribution in [0.4, 0.5) is 10.1 Å². The number of rotatable bonds is 2. The maximum absolute atomic E-state index is 12.9. The number of hydrogen-bond donors (Lipinski definition) is 1. The van der Waals surface area contributed by atoms with E-state index in [0.717, 1.165) is 38.2 Å². The summed E-state index contributed by atoms with van der Waals surface area (Å²) in [6.07, 6.45) is 1.28. The maximum atomic E-state index is 12.9. The van der Waals surface area contributed by atoms with E-state index >= 15 is 0 Å². The quantitative estimate of drug-likeness (QED) is 0.801. The third-order valence-corrected chi connectivity index (χ3v) is 3.04. The number of nitrogen functional groups attached to an aromatic ring is 1. The topological polar surface area (TPSA) is 38.5 Å². The van der Waals surface area contributed by atoms with Crippen molar-refractivity contribution in [2.24, 2.45) is 0 Å². The highest BCUT2D eigenvalue weighted by atomic mass is 19.1. The van der Waals surface area contributed by atoms with Crippen LogP contribution in [-0.2, 0) is 11.3 Å². The van der Waals surface area contributed by atoms with Gasteiger partial charge in [0.2, 0.25) is 0 Å². The van der Waals surface area contributed by atoms with Gasteiger partial charge in [0.1, 0.15) is 5.82 Å². The van der Waals surface area contributed by atoms with Crippen LogP contribution in [0.5, 0.6) is 0 Å². The summed E-state index contributed by atoms with van der Waals surface area (Å²) < 4.78 is 18.5. The van der Waals surface area contributed by atoms with Crippen LogP contribution < -0.4 is 5.73 Å². The molecule has 0 saturated carbocycles. The highest BCUT2D eigenvalue weighted by Gasteiger charge is 2.15. The van der Waals surface area contributed by atoms with Crippen molar-refractivity contribution < 1.29 is 9.13 Å². The molecule has 1 saturated heterocycles. The van der Waals surface area contributed by atoms with E-state index in [1.165, 1.54) is 12.1 Å². The fourth-order valence-electron chi connectivity index (χ4n) is 2.17. The molecule has 94 valence electrons. The van der Waals surface area contributed by atoms with E-state index in [-0.39, 0.29) is 11.9 Å². The summed E-state index contributed by atoms with van der Waals surface area (Å²) in [5.41, 5.74) is 7.33. The van der Waals surface area contributed by atoms with Crippen LogP contribution in [0.2, 0.25) is 0 Å². The second kappa shape index (κ2) is 5.47. The largest absolute Gasteiger partial charge is 0.398 e. The van der Waals surface area contributed by atoms with Crippen LogP contribution >= 0.6 is 0 Å². The highest BCUT2D eigenvalue weighted by Crippen LogP contribution is 2.17. The standard InChI is InChI=1S/C13H19FN2O/c1-10-8-16(5-2-6-17-10)9-11-3-4-12(14)7-13(11)15/h3-4,7,10H,2,5-6,8-9,15H2,1H3. The van der Waals surface area contributed by atoms with E-state index in [4.69, 9.17) is 10.5 Å². The lowest BCUT2D eigenvalue weighted by Crippen LogP contribution is -2.30. The molecule has 1 unspecified atom stereocenters. The van der Waals surface area contributed by atoms with Gasteiger partial charge in [0.05, 0.1) is 6.10 Å². The molecule has 3 nitrogen and oxygen atoms in total. The van der Waals surface area contributed by atoms with Crippen molar-refractivity contribution in [1.82, 2.24) is 4.90 Å². The zero-order chi connectivity index (χ0) is 12.3. The van der Waals surface area contributed by atoms with Crippen LogP contribution in [0, 0.1) is 5.82 Å². The Morgan fingerprint density at radius 3 is 3.12 bits per heavy atom. The molecule has 0 spiro atoms. The summed E-state index contributed by atoms with van der Waals surface area (Å²) in [7, 11) is 0. The molecule has 0 bridgehead atoms. The van der Waals surface area contributed by atoms with Gasteiger partial charge in [-0.3, -0.25) is 4.90 Å². The minimum atomic E-state index is -0.279. The number of anilines is 1. The summed E-state index contributed by atoms with van der Waals surface area (Å²) in [6.45, 7) is 5.56. The monoisotopic (exact) mass is 238 g/mol. The van der Waals surface area contributed by atoms with Gasteiger partial charge in [-0.25, -0.2) is 4.39 Å². The summed E-state index contributed by atoms with van der Waals surface area (Å²) >= 11 is 0. The second-order valence-corrected chi connectivity index (χ2v) is 4.61. The maximum Gasteiger partial charge on any atom is 0.125 e. The Morgan fingerprint density at radius 2 is 2.35 bits per heavy atom. The van der Waals surface area contributed by atoms with Gasteiger partial charge >= 0.3 is 0 Å². The average Bonchev–Trinajstić information content (AvgIpc) is 2.47. The Kier molecular flexibility index (Phi) is 3.97. The van der Waals surface area contributed by atoms with Crippen molar-refractivity contribution >= 4 is 5.69 Å². The number of ether oxygens (including phenoxy) is 1. The fraction of sp³-hybridized carbons (Fsp3) is 0.538. The highest BCUT2D eigenvalue weighted by molar-refractivity contribution is 5.46. The summed E-state index contributed by atoms with van der Waals surface area (Å²) in [6, 6.07) is 4.61. The van der Waals surface area contributed by atoms with Crippen LogP contribution in [0.25, 0.3) is 0 Å². The van der Waals surface area contributed by atoms with Gasteiger partial charge in [-0.1, -0.05) is 6.07 Å². The first-order chi connectivity index (χ1) is 8.15. The lowest BCUT2D eigenvalue weighted by molar-refractivity contribution is 0.0668. The zero-order valence-electron chi connectivity index (χ0n) is 10.2. The Morgan fingerprint density at radius 1 is 1.53 bits per heavy atom. The molecule has 2 rings (SSSR count). The summed E-state index contributed by atoms with van der Waals surface area (Å²) in [4.78, 5) is 2.31. The number of nitrogens with two attached hydrogens (primary N) is 1. The lowest BCUT2D eigenvalue weighted by atomic mass is 10.1. The van der Waals surface area contributed by atoms with E-state index in [1.54, 1.807) is 6.07 Å². The molecule has 1 aliphatic rings. The molecule has 17 heavy (non-hydrogen) atoms. The normalized spacial score (nSPS) is 22.4. The second-order valence-electron chi connectivity index (χ2n) is 4.61. The number of nitrogens with zero attached hydrogens (tertiary/aromatic N) is 1. The van der Waals surface area contributed by atoms with Gasteiger partial charge in [-0.2, -0.15) is 0 Å². The van der Waals surface area contributed by atoms with Gasteiger partial charge in [0.25, 0.3) is 0 Å². The third kappa shape index (κ3) is 3.41. The molecule has 0 aliphatic carbocycles. The fourth-order valence-corrected chi connectivity index (χ4v) is 2.17. The minimum absolute atomic E-state index is 0.249. The van der Waals surface area contributed by atoms with Crippen LogP contribution in [0.15, 0.2) is 18.2 Å². The molecule has 0 aromatic heterocycles. The van der Waals surface area contributed by atoms with Crippen molar-refractivity contribution in [3.8, 4) is 0 Å². The van der Waals surface area contributed by atoms with Crippen molar-refractivity contribution in [3.05, 3.63) is 29.6 Å². The average molecular weight is 238 g/mol. The molecule has 0 radical (unpaired) electrons. The Hall–Kier alpha value is -1.13. The van der Waals surface area contributed by atoms with Gasteiger partial charge in [-0.15, -0.1) is 0 Å². The van der Waals surface area contributed by atoms with Crippen molar-refractivity contribution in [2.45, 2.75) is 26.0 Å². The van der Waals surface area contributed by atoms with Crippen LogP contribution in [0.1, 0.15) is 18.9 Å². The van der Waals surface area contributed by atoms with Crippen molar-refractivity contribution in [2.75, 3.05) is 25.4 Å². The molecule has 1 fully saturated rings. The SMILES string of the molecule is CC1CN(Cc2ccc(F)cc2N)CCCO1. The first kappa shape index (κ1) is 12.3. The first-order valence-corrected chi connectivity index (χ1v) is 6.03. The molecule has 2 N–H and O–H groups in total. The third-order valence-electron chi connectivity index (χ3n) is 3.04. The van der Waals surface area contributed by atoms with Gasteiger partial charge in [0.15, 0.2) is 0 Å². The van der Waals surface area contributed by atoms with Crippen LogP contribution in [-0.4, -0.2) is 30.7 Å². The molecule has 1 aliphatic heterocycles. The van der Waals surface area contributed by atoms with E-state index < -0.39 is 0 Å². The molecule has 1 heterocycles. The molecular formula is C13H19FN2O. The molecule has 1 aromatic rings. The minimum Gasteiger partial charge on any atom is -0.398 e. The Labute approximate surface area is 101 Å². The Balaban J connectivity index is 2.03. The molecule has 1 atom stereocenters. The first-order valence-electron chi connectivity index (χ1n) is 6.03. The van der Waals surface area contributed by atoms with Gasteiger partial charge in [0, 0.05) is 31.9 Å². The predicted octanol–water partition coefficient (Wildman–Crippen LogP) is 2.02. The zero-order valence-corrected chi connectivity index (χ0v) is 10.2. The lowest BCUT2D eigenvalue weighted by Gasteiger charge is -2.22. The summed E-state index contributed by atoms with van der Waals surface area (Å²) in [5.74, 6) is -0.279. The van der Waals surface area contributed by atoms with E-state index in [9.17, 15) is 4.39 Å². The van der Waals surface area contributed by atoms with E-state index in [2.05, 4.69) is 11.8 Å². The Bertz CT molecular complexity index is 384. The van der Waals surface area contributed by atoms with Crippen molar-refractivity contribution in [1.29, 1.82) is 0 Å². The van der Waals surface area contributed by atoms with Gasteiger partial charge < -0.3 is 10.5 Å². The number of hydrogen-bond acceptors (Lipinski definition) is 3. The molecular weight excluding hydrogens is 219 g/mol. The predicted molar refractivity (Wildman–Crippen MR) is 66.1 cm³/mol. The molecule has 0 amide bonds. The van der Waals surface area contributed by atoms with Gasteiger partial charge in [-0.05, 0) is 31.0 Å². The smallest absolute Gasteiger partial charge is 0.125 e. The van der Waals surface area contributed by atoms with Crippen molar-refractivity contribution in [3.63, 3.8) is 0 Å². The molecule has 1 aromatic carbocycles. The molecule has 4 heteroatoms. The van der Waals surface area contributed by atoms with Crippen LogP contribution in [0.3, 0.4) is 0 Å².